The van der Waals surface area contributed by atoms with Crippen molar-refractivity contribution in [1.29, 1.82) is 0 Å². The van der Waals surface area contributed by atoms with Gasteiger partial charge in [-0.3, -0.25) is 4.68 Å². The molecule has 0 bridgehead atoms. The van der Waals surface area contributed by atoms with Gasteiger partial charge in [-0.05, 0) is 24.6 Å². The number of aryl methyl sites for hydroxylation is 1. The van der Waals surface area contributed by atoms with Crippen molar-refractivity contribution in [2.45, 2.75) is 19.6 Å². The monoisotopic (exact) mass is 246 g/mol. The molecule has 5 heteroatoms. The van der Waals surface area contributed by atoms with Crippen LogP contribution in [0.5, 0.6) is 11.5 Å². The summed E-state index contributed by atoms with van der Waals surface area (Å²) in [6.45, 7) is 3.03. The summed E-state index contributed by atoms with van der Waals surface area (Å²) < 4.78 is 12.3. The van der Waals surface area contributed by atoms with Crippen molar-refractivity contribution in [3.63, 3.8) is 0 Å². The Morgan fingerprint density at radius 3 is 2.94 bits per heavy atom. The van der Waals surface area contributed by atoms with E-state index in [1.165, 1.54) is 0 Å². The first-order valence-corrected chi connectivity index (χ1v) is 5.88. The number of nitrogens with zero attached hydrogens (tertiary/aromatic N) is 2. The lowest BCUT2D eigenvalue weighted by atomic mass is 10.0. The Morgan fingerprint density at radius 1 is 1.33 bits per heavy atom. The van der Waals surface area contributed by atoms with Crippen LogP contribution < -0.4 is 9.47 Å². The molecule has 1 aromatic carbocycles. The van der Waals surface area contributed by atoms with E-state index in [1.54, 1.807) is 16.9 Å². The zero-order chi connectivity index (χ0) is 12.5. The number of aliphatic hydroxyl groups excluding tert-OH is 1. The molecule has 1 aliphatic heterocycles. The summed E-state index contributed by atoms with van der Waals surface area (Å²) in [6.07, 6.45) is 2.83. The molecule has 1 atom stereocenters. The molecule has 3 rings (SSSR count). The Hall–Kier alpha value is -2.01. The third kappa shape index (κ3) is 1.82. The van der Waals surface area contributed by atoms with Crippen molar-refractivity contribution >= 4 is 0 Å². The maximum absolute atomic E-state index is 10.3. The number of hydrogen-bond donors (Lipinski definition) is 1. The number of aromatic nitrogens is 2. The Balaban J connectivity index is 1.89. The van der Waals surface area contributed by atoms with E-state index in [0.29, 0.717) is 5.75 Å². The van der Waals surface area contributed by atoms with Gasteiger partial charge in [-0.25, -0.2) is 0 Å². The van der Waals surface area contributed by atoms with E-state index >= 15 is 0 Å². The summed E-state index contributed by atoms with van der Waals surface area (Å²) in [5.74, 6) is 1.39. The zero-order valence-corrected chi connectivity index (χ0v) is 10.0. The van der Waals surface area contributed by atoms with Crippen LogP contribution in [0.1, 0.15) is 24.2 Å². The van der Waals surface area contributed by atoms with Crippen molar-refractivity contribution < 1.29 is 14.6 Å². The molecule has 2 heterocycles. The second kappa shape index (κ2) is 4.34. The Labute approximate surface area is 105 Å². The second-order valence-electron chi connectivity index (χ2n) is 4.14. The van der Waals surface area contributed by atoms with E-state index < -0.39 is 6.10 Å². The van der Waals surface area contributed by atoms with Crippen LogP contribution >= 0.6 is 0 Å². The molecule has 0 saturated carbocycles. The molecule has 2 aromatic rings. The van der Waals surface area contributed by atoms with Gasteiger partial charge in [-0.1, -0.05) is 6.07 Å². The first-order chi connectivity index (χ1) is 8.78. The summed E-state index contributed by atoms with van der Waals surface area (Å²) in [5, 5.41) is 14.4. The van der Waals surface area contributed by atoms with E-state index in [4.69, 9.17) is 9.47 Å². The number of ether oxygens (including phenoxy) is 2. The first-order valence-electron chi connectivity index (χ1n) is 5.88. The van der Waals surface area contributed by atoms with E-state index in [9.17, 15) is 5.11 Å². The van der Waals surface area contributed by atoms with Crippen molar-refractivity contribution in [1.82, 2.24) is 9.78 Å². The molecule has 0 saturated heterocycles. The number of fused-ring (bicyclic) bond motifs is 1. The minimum absolute atomic E-state index is 0.239. The second-order valence-corrected chi connectivity index (χ2v) is 4.14. The van der Waals surface area contributed by atoms with Crippen molar-refractivity contribution in [3.05, 3.63) is 41.7 Å². The molecule has 1 unspecified atom stereocenters. The lowest BCUT2D eigenvalue weighted by molar-refractivity contribution is 0.173. The molecule has 1 N–H and O–H groups in total. The van der Waals surface area contributed by atoms with Crippen LogP contribution in [0.3, 0.4) is 0 Å². The average Bonchev–Trinajstić information content (AvgIpc) is 3.05. The van der Waals surface area contributed by atoms with Crippen LogP contribution in [0.4, 0.5) is 0 Å². The van der Waals surface area contributed by atoms with Crippen molar-refractivity contribution in [2.75, 3.05) is 6.79 Å². The lowest BCUT2D eigenvalue weighted by Crippen LogP contribution is -1.99. The minimum atomic E-state index is -0.695. The van der Waals surface area contributed by atoms with Crippen molar-refractivity contribution in [3.8, 4) is 11.5 Å². The number of hydrogen-bond acceptors (Lipinski definition) is 4. The third-order valence-corrected chi connectivity index (χ3v) is 3.01. The molecular weight excluding hydrogens is 232 g/mol. The highest BCUT2D eigenvalue weighted by Gasteiger charge is 2.18. The summed E-state index contributed by atoms with van der Waals surface area (Å²) in [4.78, 5) is 0. The molecular formula is C13H14N2O3. The molecule has 0 amide bonds. The van der Waals surface area contributed by atoms with Gasteiger partial charge in [0.05, 0.1) is 6.20 Å². The van der Waals surface area contributed by atoms with Gasteiger partial charge in [0.1, 0.15) is 6.10 Å². The van der Waals surface area contributed by atoms with Gasteiger partial charge in [0.15, 0.2) is 11.5 Å². The first kappa shape index (κ1) is 11.1. The van der Waals surface area contributed by atoms with Gasteiger partial charge < -0.3 is 14.6 Å². The molecule has 18 heavy (non-hydrogen) atoms. The standard InChI is InChI=1S/C13H14N2O3/c1-2-15-7-10(6-14-15)13(16)9-3-4-11-12(5-9)18-8-17-11/h3-7,13,16H,2,8H2,1H3. The fourth-order valence-corrected chi connectivity index (χ4v) is 1.97. The van der Waals surface area contributed by atoms with Gasteiger partial charge in [0.2, 0.25) is 6.79 Å². The summed E-state index contributed by atoms with van der Waals surface area (Å²) in [5.41, 5.74) is 1.55. The highest BCUT2D eigenvalue weighted by molar-refractivity contribution is 5.46. The van der Waals surface area contributed by atoms with Gasteiger partial charge in [0.25, 0.3) is 0 Å². The fourth-order valence-electron chi connectivity index (χ4n) is 1.97. The van der Waals surface area contributed by atoms with E-state index in [0.717, 1.165) is 23.4 Å². The van der Waals surface area contributed by atoms with Crippen LogP contribution in [0.2, 0.25) is 0 Å². The van der Waals surface area contributed by atoms with Gasteiger partial charge in [0, 0.05) is 18.3 Å². The molecule has 0 aliphatic carbocycles. The number of benzene rings is 1. The zero-order valence-electron chi connectivity index (χ0n) is 10.0. The Morgan fingerprint density at radius 2 is 2.17 bits per heavy atom. The van der Waals surface area contributed by atoms with Crippen molar-refractivity contribution in [2.24, 2.45) is 0 Å². The molecule has 0 radical (unpaired) electrons. The van der Waals surface area contributed by atoms with Crippen LogP contribution in [0, 0.1) is 0 Å². The Bertz CT molecular complexity index is 565. The quantitative estimate of drug-likeness (QED) is 0.895. The van der Waals surface area contributed by atoms with Crippen LogP contribution in [0.25, 0.3) is 0 Å². The predicted molar refractivity (Wildman–Crippen MR) is 64.5 cm³/mol. The molecule has 94 valence electrons. The van der Waals surface area contributed by atoms with E-state index in [-0.39, 0.29) is 6.79 Å². The molecule has 0 fully saturated rings. The topological polar surface area (TPSA) is 56.5 Å². The van der Waals surface area contributed by atoms with Gasteiger partial charge in [-0.2, -0.15) is 5.10 Å². The minimum Gasteiger partial charge on any atom is -0.454 e. The van der Waals surface area contributed by atoms with Gasteiger partial charge in [-0.15, -0.1) is 0 Å². The van der Waals surface area contributed by atoms with Crippen LogP contribution in [-0.2, 0) is 6.54 Å². The third-order valence-electron chi connectivity index (χ3n) is 3.01. The van der Waals surface area contributed by atoms with Crippen LogP contribution in [-0.4, -0.2) is 21.7 Å². The number of aliphatic hydroxyl groups is 1. The number of rotatable bonds is 3. The maximum atomic E-state index is 10.3. The summed E-state index contributed by atoms with van der Waals surface area (Å²) in [7, 11) is 0. The fraction of sp³-hybridized carbons (Fsp3) is 0.308. The lowest BCUT2D eigenvalue weighted by Gasteiger charge is -2.09. The van der Waals surface area contributed by atoms with Gasteiger partial charge >= 0.3 is 0 Å². The van der Waals surface area contributed by atoms with Crippen LogP contribution in [0.15, 0.2) is 30.6 Å². The Kier molecular flexibility index (Phi) is 2.68. The van der Waals surface area contributed by atoms with E-state index in [1.807, 2.05) is 25.3 Å². The predicted octanol–water partition coefficient (Wildman–Crippen LogP) is 1.71. The normalized spacial score (nSPS) is 14.8. The SMILES string of the molecule is CCn1cc(C(O)c2ccc3c(c2)OCO3)cn1. The summed E-state index contributed by atoms with van der Waals surface area (Å²) in [6, 6.07) is 5.45. The largest absolute Gasteiger partial charge is 0.454 e. The summed E-state index contributed by atoms with van der Waals surface area (Å²) >= 11 is 0. The smallest absolute Gasteiger partial charge is 0.231 e. The average molecular weight is 246 g/mol. The van der Waals surface area contributed by atoms with E-state index in [2.05, 4.69) is 5.10 Å². The highest BCUT2D eigenvalue weighted by Crippen LogP contribution is 2.35. The highest BCUT2D eigenvalue weighted by atomic mass is 16.7. The molecule has 1 aromatic heterocycles. The maximum Gasteiger partial charge on any atom is 0.231 e. The molecule has 1 aliphatic rings. The molecule has 0 spiro atoms. The molecule has 5 nitrogen and oxygen atoms in total.